The van der Waals surface area contributed by atoms with Gasteiger partial charge in [0.05, 0.1) is 23.3 Å². The molecule has 0 amide bonds. The Kier molecular flexibility index (Phi) is 7.47. The van der Waals surface area contributed by atoms with Crippen LogP contribution >= 0.6 is 43.2 Å². The van der Waals surface area contributed by atoms with Crippen LogP contribution in [0.15, 0.2) is 108 Å². The number of thiazole rings is 1. The minimum Gasteiger partial charge on any atom is -0.284 e. The summed E-state index contributed by atoms with van der Waals surface area (Å²) in [7, 11) is 0. The van der Waals surface area contributed by atoms with Gasteiger partial charge in [0.2, 0.25) is 4.80 Å². The molecule has 0 fully saturated rings. The molecule has 32 heavy (non-hydrogen) atoms. The highest BCUT2D eigenvalue weighted by molar-refractivity contribution is 9.10. The van der Waals surface area contributed by atoms with E-state index >= 15 is 0 Å². The van der Waals surface area contributed by atoms with E-state index in [2.05, 4.69) is 86.8 Å². The van der Waals surface area contributed by atoms with Gasteiger partial charge < -0.3 is 0 Å². The van der Waals surface area contributed by atoms with Crippen LogP contribution in [0.2, 0.25) is 0 Å². The molecule has 1 aromatic heterocycles. The number of nitrogens with one attached hydrogen (secondary N) is 1. The van der Waals surface area contributed by atoms with Gasteiger partial charge in [-0.3, -0.25) is 9.99 Å². The maximum absolute atomic E-state index is 4.52. The summed E-state index contributed by atoms with van der Waals surface area (Å²) < 4.78 is 4.17. The van der Waals surface area contributed by atoms with Gasteiger partial charge in [-0.1, -0.05) is 62.2 Å². The predicted molar refractivity (Wildman–Crippen MR) is 142 cm³/mol. The third-order valence-electron chi connectivity index (χ3n) is 4.45. The van der Waals surface area contributed by atoms with Crippen LogP contribution in [0.3, 0.4) is 0 Å². The molecule has 0 aliphatic rings. The summed E-state index contributed by atoms with van der Waals surface area (Å²) in [5.74, 6) is 0. The zero-order chi connectivity index (χ0) is 22.3. The van der Waals surface area contributed by atoms with E-state index in [0.29, 0.717) is 5.71 Å². The normalized spacial score (nSPS) is 12.5. The predicted octanol–water partition coefficient (Wildman–Crippen LogP) is 7.11. The maximum Gasteiger partial charge on any atom is 0.215 e. The van der Waals surface area contributed by atoms with Crippen molar-refractivity contribution in [3.8, 4) is 16.9 Å². The van der Waals surface area contributed by atoms with Crippen molar-refractivity contribution in [1.29, 1.82) is 0 Å². The van der Waals surface area contributed by atoms with Gasteiger partial charge in [0, 0.05) is 20.0 Å². The fourth-order valence-corrected chi connectivity index (χ4v) is 4.29. The highest BCUT2D eigenvalue weighted by Gasteiger charge is 2.10. The van der Waals surface area contributed by atoms with Crippen LogP contribution in [0.1, 0.15) is 6.92 Å². The van der Waals surface area contributed by atoms with E-state index in [4.69, 9.17) is 0 Å². The number of aromatic nitrogens is 1. The van der Waals surface area contributed by atoms with Gasteiger partial charge in [0.25, 0.3) is 0 Å². The molecule has 0 unspecified atom stereocenters. The Morgan fingerprint density at radius 3 is 2.25 bits per heavy atom. The molecule has 1 heterocycles. The lowest BCUT2D eigenvalue weighted by molar-refractivity contribution is 0.971. The van der Waals surface area contributed by atoms with Crippen LogP contribution in [0.5, 0.6) is 0 Å². The minimum absolute atomic E-state index is 0.689. The summed E-state index contributed by atoms with van der Waals surface area (Å²) in [5, 5.41) is 15.2. The summed E-state index contributed by atoms with van der Waals surface area (Å²) in [6.45, 7) is 1.87. The smallest absolute Gasteiger partial charge is 0.215 e. The summed E-state index contributed by atoms with van der Waals surface area (Å²) in [6.07, 6.45) is 1.66. The number of hydrogen-bond donors (Lipinski definition) is 1. The lowest BCUT2D eigenvalue weighted by atomic mass is 10.1. The van der Waals surface area contributed by atoms with Crippen molar-refractivity contribution < 1.29 is 0 Å². The van der Waals surface area contributed by atoms with Crippen molar-refractivity contribution in [1.82, 2.24) is 4.57 Å². The van der Waals surface area contributed by atoms with Gasteiger partial charge in [-0.25, -0.2) is 0 Å². The molecule has 4 rings (SSSR count). The molecule has 1 N–H and O–H groups in total. The van der Waals surface area contributed by atoms with Crippen molar-refractivity contribution in [2.75, 3.05) is 5.43 Å². The van der Waals surface area contributed by atoms with Crippen LogP contribution in [0, 0.1) is 0 Å². The first-order chi connectivity index (χ1) is 15.6. The van der Waals surface area contributed by atoms with E-state index in [1.54, 1.807) is 17.6 Å². The number of nitrogens with zero attached hydrogens (tertiary/aromatic N) is 4. The molecule has 0 saturated carbocycles. The number of rotatable bonds is 6. The molecule has 0 radical (unpaired) electrons. The third-order valence-corrected chi connectivity index (χ3v) is 6.32. The van der Waals surface area contributed by atoms with E-state index in [-0.39, 0.29) is 0 Å². The minimum atomic E-state index is 0.689. The second-order valence-corrected chi connectivity index (χ2v) is 9.47. The van der Waals surface area contributed by atoms with Gasteiger partial charge in [-0.2, -0.15) is 10.2 Å². The Bertz CT molecular complexity index is 1310. The SMILES string of the molecule is CC(/C=N/Nc1ccccc1)=N\N=c1/scc(-c2ccc(Br)cc2)n1-c1ccc(Br)cc1. The summed E-state index contributed by atoms with van der Waals surface area (Å²) in [5.41, 5.74) is 7.75. The molecule has 160 valence electrons. The van der Waals surface area contributed by atoms with Gasteiger partial charge in [0.15, 0.2) is 0 Å². The highest BCUT2D eigenvalue weighted by Crippen LogP contribution is 2.25. The second kappa shape index (κ2) is 10.7. The number of benzene rings is 3. The van der Waals surface area contributed by atoms with Crippen LogP contribution in [-0.4, -0.2) is 16.5 Å². The fraction of sp³-hybridized carbons (Fsp3) is 0.0417. The van der Waals surface area contributed by atoms with Crippen LogP contribution in [0.25, 0.3) is 16.9 Å². The van der Waals surface area contributed by atoms with E-state index < -0.39 is 0 Å². The monoisotopic (exact) mass is 567 g/mol. The second-order valence-electron chi connectivity index (χ2n) is 6.80. The van der Waals surface area contributed by atoms with Crippen molar-refractivity contribution in [3.63, 3.8) is 0 Å². The zero-order valence-electron chi connectivity index (χ0n) is 17.1. The van der Waals surface area contributed by atoms with Crippen molar-refractivity contribution in [3.05, 3.63) is 98.0 Å². The first-order valence-corrected chi connectivity index (χ1v) is 12.2. The largest absolute Gasteiger partial charge is 0.284 e. The molecule has 8 heteroatoms. The van der Waals surface area contributed by atoms with Gasteiger partial charge in [0.1, 0.15) is 0 Å². The number of anilines is 1. The van der Waals surface area contributed by atoms with Crippen LogP contribution < -0.4 is 10.2 Å². The first kappa shape index (κ1) is 22.4. The van der Waals surface area contributed by atoms with E-state index in [9.17, 15) is 0 Å². The van der Waals surface area contributed by atoms with Crippen LogP contribution in [0.4, 0.5) is 5.69 Å². The number of para-hydroxylation sites is 1. The van der Waals surface area contributed by atoms with E-state index in [1.807, 2.05) is 61.5 Å². The molecule has 0 spiro atoms. The van der Waals surface area contributed by atoms with Gasteiger partial charge in [-0.15, -0.1) is 16.4 Å². The number of halogens is 2. The lowest BCUT2D eigenvalue weighted by Gasteiger charge is -2.09. The topological polar surface area (TPSA) is 54.0 Å². The molecule has 0 bridgehead atoms. The molecule has 0 aliphatic carbocycles. The first-order valence-electron chi connectivity index (χ1n) is 9.75. The zero-order valence-corrected chi connectivity index (χ0v) is 21.1. The fourth-order valence-electron chi connectivity index (χ4n) is 2.90. The summed E-state index contributed by atoms with van der Waals surface area (Å²) in [4.78, 5) is 0.772. The van der Waals surface area contributed by atoms with Crippen molar-refractivity contribution in [2.24, 2.45) is 15.3 Å². The van der Waals surface area contributed by atoms with Crippen molar-refractivity contribution >= 4 is 60.8 Å². The van der Waals surface area contributed by atoms with Gasteiger partial charge >= 0.3 is 0 Å². The molecule has 0 atom stereocenters. The van der Waals surface area contributed by atoms with E-state index in [1.165, 1.54) is 0 Å². The molecule has 5 nitrogen and oxygen atoms in total. The van der Waals surface area contributed by atoms with Crippen molar-refractivity contribution in [2.45, 2.75) is 6.92 Å². The average molecular weight is 569 g/mol. The molecule has 3 aromatic carbocycles. The third kappa shape index (κ3) is 5.70. The van der Waals surface area contributed by atoms with Gasteiger partial charge in [-0.05, 0) is 61.0 Å². The average Bonchev–Trinajstić information content (AvgIpc) is 3.23. The standard InChI is InChI=1S/C24H19Br2N5S/c1-17(15-27-29-21-5-3-2-4-6-21)28-30-24-31(22-13-11-20(26)12-14-22)23(16-32-24)18-7-9-19(25)10-8-18/h2-16,29H,1H3/b27-15+,28-17+,30-24-. The quantitative estimate of drug-likeness (QED) is 0.196. The molecular weight excluding hydrogens is 550 g/mol. The Balaban J connectivity index is 1.68. The molecular formula is C24H19Br2N5S. The lowest BCUT2D eigenvalue weighted by Crippen LogP contribution is -2.14. The molecule has 4 aromatic rings. The molecule has 0 aliphatic heterocycles. The molecule has 0 saturated heterocycles. The highest BCUT2D eigenvalue weighted by atomic mass is 79.9. The van der Waals surface area contributed by atoms with E-state index in [0.717, 1.165) is 36.4 Å². The Labute approximate surface area is 207 Å². The summed E-state index contributed by atoms with van der Waals surface area (Å²) in [6, 6.07) is 26.2. The number of hydrazone groups is 1. The van der Waals surface area contributed by atoms with Crippen LogP contribution in [-0.2, 0) is 0 Å². The number of hydrogen-bond acceptors (Lipinski definition) is 5. The Morgan fingerprint density at radius 2 is 1.56 bits per heavy atom. The Hall–Kier alpha value is -2.81. The summed E-state index contributed by atoms with van der Waals surface area (Å²) >= 11 is 8.56. The Morgan fingerprint density at radius 1 is 0.906 bits per heavy atom. The maximum atomic E-state index is 4.52.